The third-order valence-corrected chi connectivity index (χ3v) is 5.81. The van der Waals surface area contributed by atoms with Crippen molar-refractivity contribution < 1.29 is 18.3 Å². The number of sulfonamides is 1. The van der Waals surface area contributed by atoms with Crippen LogP contribution in [0.2, 0.25) is 0 Å². The van der Waals surface area contributed by atoms with E-state index in [0.29, 0.717) is 30.8 Å². The second kappa shape index (κ2) is 6.35. The number of aliphatic carboxylic acids is 1. The number of hydrogen-bond donors (Lipinski definition) is 3. The summed E-state index contributed by atoms with van der Waals surface area (Å²) < 4.78 is 27.4. The normalized spacial score (nSPS) is 21.8. The van der Waals surface area contributed by atoms with Crippen molar-refractivity contribution in [2.24, 2.45) is 0 Å². The fraction of sp³-hybridized carbons (Fsp3) is 0.692. The van der Waals surface area contributed by atoms with Crippen molar-refractivity contribution in [2.45, 2.75) is 50.6 Å². The lowest BCUT2D eigenvalue weighted by molar-refractivity contribution is -0.139. The predicted octanol–water partition coefficient (Wildman–Crippen LogP) is 0.242. The van der Waals surface area contributed by atoms with Crippen LogP contribution in [0.3, 0.4) is 0 Å². The molecule has 0 atom stereocenters. The van der Waals surface area contributed by atoms with Gasteiger partial charge >= 0.3 is 5.97 Å². The quantitative estimate of drug-likeness (QED) is 0.660. The molecule has 124 valence electrons. The molecule has 1 aliphatic carbocycles. The first-order valence-electron chi connectivity index (χ1n) is 7.24. The average molecular weight is 330 g/mol. The van der Waals surface area contributed by atoms with Gasteiger partial charge in [-0.25, -0.2) is 13.1 Å². The zero-order valence-electron chi connectivity index (χ0n) is 13.0. The van der Waals surface area contributed by atoms with Crippen LogP contribution in [0.1, 0.15) is 31.2 Å². The minimum Gasteiger partial charge on any atom is -0.480 e. The summed E-state index contributed by atoms with van der Waals surface area (Å²) in [6.07, 6.45) is 1.24. The molecule has 0 radical (unpaired) electrons. The summed E-state index contributed by atoms with van der Waals surface area (Å²) in [7, 11) is -3.60. The van der Waals surface area contributed by atoms with E-state index in [4.69, 9.17) is 5.11 Å². The molecule has 0 aromatic carbocycles. The highest BCUT2D eigenvalue weighted by atomic mass is 32.2. The fourth-order valence-electron chi connectivity index (χ4n) is 2.87. The molecule has 0 amide bonds. The number of likely N-dealkylation sites (N-methyl/N-ethyl adjacent to an activating group) is 1. The number of H-pyrrole nitrogens is 1. The van der Waals surface area contributed by atoms with E-state index in [1.54, 1.807) is 13.8 Å². The molecule has 0 bridgehead atoms. The zero-order valence-corrected chi connectivity index (χ0v) is 13.8. The van der Waals surface area contributed by atoms with Crippen molar-refractivity contribution in [2.75, 3.05) is 13.1 Å². The van der Waals surface area contributed by atoms with E-state index in [0.717, 1.165) is 0 Å². The maximum Gasteiger partial charge on any atom is 0.317 e. The maximum atomic E-state index is 12.4. The summed E-state index contributed by atoms with van der Waals surface area (Å²) in [6, 6.07) is -0.0492. The van der Waals surface area contributed by atoms with Gasteiger partial charge in [-0.1, -0.05) is 6.92 Å². The van der Waals surface area contributed by atoms with E-state index < -0.39 is 16.0 Å². The predicted molar refractivity (Wildman–Crippen MR) is 80.1 cm³/mol. The van der Waals surface area contributed by atoms with Gasteiger partial charge in [0.2, 0.25) is 10.0 Å². The summed E-state index contributed by atoms with van der Waals surface area (Å²) in [6.45, 7) is 5.84. The lowest BCUT2D eigenvalue weighted by Crippen LogP contribution is -2.54. The number of carboxylic acid groups (broad SMARTS) is 1. The Morgan fingerprint density at radius 2 is 2.09 bits per heavy atom. The van der Waals surface area contributed by atoms with E-state index in [1.165, 1.54) is 0 Å². The Morgan fingerprint density at radius 1 is 1.45 bits per heavy atom. The summed E-state index contributed by atoms with van der Waals surface area (Å²) in [4.78, 5) is 12.8. The van der Waals surface area contributed by atoms with Gasteiger partial charge in [-0.05, 0) is 33.2 Å². The van der Waals surface area contributed by atoms with E-state index in [2.05, 4.69) is 14.9 Å². The van der Waals surface area contributed by atoms with Crippen molar-refractivity contribution in [3.05, 3.63) is 11.4 Å². The van der Waals surface area contributed by atoms with Gasteiger partial charge in [0.25, 0.3) is 0 Å². The van der Waals surface area contributed by atoms with Gasteiger partial charge in [0.05, 0.1) is 17.9 Å². The molecule has 1 aliphatic rings. The largest absolute Gasteiger partial charge is 0.480 e. The van der Waals surface area contributed by atoms with Gasteiger partial charge in [-0.3, -0.25) is 14.8 Å². The number of hydrogen-bond acceptors (Lipinski definition) is 5. The molecular formula is C13H22N4O4S. The number of aromatic amines is 1. The number of nitrogens with one attached hydrogen (secondary N) is 2. The van der Waals surface area contributed by atoms with Crippen molar-refractivity contribution in [3.8, 4) is 0 Å². The highest BCUT2D eigenvalue weighted by Crippen LogP contribution is 2.28. The zero-order chi connectivity index (χ0) is 16.5. The summed E-state index contributed by atoms with van der Waals surface area (Å²) in [5, 5.41) is 15.4. The summed E-state index contributed by atoms with van der Waals surface area (Å²) in [5.74, 6) is -0.865. The van der Waals surface area contributed by atoms with Crippen molar-refractivity contribution in [1.82, 2.24) is 19.8 Å². The highest BCUT2D eigenvalue weighted by molar-refractivity contribution is 7.89. The first-order valence-corrected chi connectivity index (χ1v) is 8.72. The molecular weight excluding hydrogens is 308 g/mol. The van der Waals surface area contributed by atoms with Crippen LogP contribution in [-0.4, -0.2) is 59.8 Å². The van der Waals surface area contributed by atoms with E-state index >= 15 is 0 Å². The minimum absolute atomic E-state index is 0.0133. The second-order valence-electron chi connectivity index (χ2n) is 5.66. The monoisotopic (exact) mass is 330 g/mol. The Hall–Kier alpha value is -1.45. The molecule has 3 N–H and O–H groups in total. The standard InChI is InChI=1S/C13H22N4O4S/c1-4-17(7-12(18)19)11-5-10(6-11)16-22(20,21)13-8(2)14-15-9(13)3/h10-11,16H,4-7H2,1-3H3,(H,14,15)(H,18,19). The van der Waals surface area contributed by atoms with E-state index in [-0.39, 0.29) is 23.5 Å². The number of aryl methyl sites for hydroxylation is 2. The van der Waals surface area contributed by atoms with Crippen LogP contribution in [0.4, 0.5) is 0 Å². The SMILES string of the molecule is CCN(CC(=O)O)C1CC(NS(=O)(=O)c2c(C)n[nH]c2C)C1. The van der Waals surface area contributed by atoms with Crippen LogP contribution in [-0.2, 0) is 14.8 Å². The molecule has 8 nitrogen and oxygen atoms in total. The number of rotatable bonds is 7. The minimum atomic E-state index is -3.60. The first kappa shape index (κ1) is 16.9. The average Bonchev–Trinajstić information content (AvgIpc) is 2.71. The van der Waals surface area contributed by atoms with Crippen molar-refractivity contribution >= 4 is 16.0 Å². The molecule has 2 rings (SSSR count). The lowest BCUT2D eigenvalue weighted by Gasteiger charge is -2.42. The lowest BCUT2D eigenvalue weighted by atomic mass is 9.86. The molecule has 22 heavy (non-hydrogen) atoms. The Balaban J connectivity index is 1.96. The fourth-order valence-corrected chi connectivity index (χ4v) is 4.50. The smallest absolute Gasteiger partial charge is 0.317 e. The third kappa shape index (κ3) is 3.47. The Bertz CT molecular complexity index is 629. The topological polar surface area (TPSA) is 115 Å². The second-order valence-corrected chi connectivity index (χ2v) is 7.31. The van der Waals surface area contributed by atoms with E-state index in [9.17, 15) is 13.2 Å². The van der Waals surface area contributed by atoms with E-state index in [1.807, 2.05) is 11.8 Å². The Morgan fingerprint density at radius 3 is 2.55 bits per heavy atom. The van der Waals surface area contributed by atoms with Gasteiger partial charge in [0.1, 0.15) is 4.90 Å². The van der Waals surface area contributed by atoms with Gasteiger partial charge in [0, 0.05) is 12.1 Å². The highest BCUT2D eigenvalue weighted by Gasteiger charge is 2.37. The molecule has 0 unspecified atom stereocenters. The maximum absolute atomic E-state index is 12.4. The number of carboxylic acids is 1. The number of carbonyl (C=O) groups is 1. The number of aromatic nitrogens is 2. The Kier molecular flexibility index (Phi) is 4.88. The molecule has 0 aliphatic heterocycles. The van der Waals surface area contributed by atoms with Crippen LogP contribution in [0.5, 0.6) is 0 Å². The molecule has 1 aromatic heterocycles. The van der Waals surface area contributed by atoms with Gasteiger partial charge < -0.3 is 5.11 Å². The van der Waals surface area contributed by atoms with Crippen LogP contribution >= 0.6 is 0 Å². The number of nitrogens with zero attached hydrogens (tertiary/aromatic N) is 2. The summed E-state index contributed by atoms with van der Waals surface area (Å²) in [5.41, 5.74) is 0.962. The molecule has 0 saturated heterocycles. The van der Waals surface area contributed by atoms with Crippen LogP contribution in [0.25, 0.3) is 0 Å². The van der Waals surface area contributed by atoms with Crippen LogP contribution in [0, 0.1) is 13.8 Å². The molecule has 9 heteroatoms. The van der Waals surface area contributed by atoms with Crippen LogP contribution in [0.15, 0.2) is 4.90 Å². The first-order chi connectivity index (χ1) is 10.2. The third-order valence-electron chi connectivity index (χ3n) is 4.03. The van der Waals surface area contributed by atoms with Gasteiger partial charge in [-0.15, -0.1) is 0 Å². The van der Waals surface area contributed by atoms with Gasteiger partial charge in [-0.2, -0.15) is 5.10 Å². The van der Waals surface area contributed by atoms with Crippen LogP contribution < -0.4 is 4.72 Å². The molecule has 1 aromatic rings. The molecule has 1 saturated carbocycles. The molecule has 1 heterocycles. The summed E-state index contributed by atoms with van der Waals surface area (Å²) >= 11 is 0. The van der Waals surface area contributed by atoms with Gasteiger partial charge in [0.15, 0.2) is 0 Å². The van der Waals surface area contributed by atoms with Crippen molar-refractivity contribution in [3.63, 3.8) is 0 Å². The Labute approximate surface area is 129 Å². The molecule has 1 fully saturated rings. The van der Waals surface area contributed by atoms with Crippen molar-refractivity contribution in [1.29, 1.82) is 0 Å². The molecule has 0 spiro atoms.